The van der Waals surface area contributed by atoms with Crippen molar-refractivity contribution in [1.82, 2.24) is 25.8 Å². The molecule has 0 aromatic rings. The lowest BCUT2D eigenvalue weighted by molar-refractivity contribution is -0.0577. The van der Waals surface area contributed by atoms with E-state index in [1.165, 1.54) is 173 Å². The van der Waals surface area contributed by atoms with Crippen LogP contribution in [0.1, 0.15) is 199 Å². The van der Waals surface area contributed by atoms with Gasteiger partial charge < -0.3 is 0 Å². The number of likely N-dealkylation sites (tertiary alicyclic amines) is 2. The molecule has 11 rings (SSSR count). The quantitative estimate of drug-likeness (QED) is 0.262. The number of fused-ring (bicyclic) bond motifs is 7. The van der Waals surface area contributed by atoms with Gasteiger partial charge in [-0.15, -0.1) is 0 Å². The summed E-state index contributed by atoms with van der Waals surface area (Å²) < 4.78 is 0. The second-order valence-corrected chi connectivity index (χ2v) is 22.3. The number of nitrogens with one attached hydrogen (secondary N) is 3. The summed E-state index contributed by atoms with van der Waals surface area (Å²) in [6, 6.07) is 5.48. The second-order valence-electron chi connectivity index (χ2n) is 22.3. The van der Waals surface area contributed by atoms with Gasteiger partial charge in [-0.05, 0) is 156 Å². The summed E-state index contributed by atoms with van der Waals surface area (Å²) in [5.41, 5.74) is 0. The minimum atomic E-state index is 0.520. The molecule has 0 amide bonds. The number of rotatable bonds is 5. The molecule has 3 N–H and O–H groups in total. The van der Waals surface area contributed by atoms with Crippen molar-refractivity contribution >= 4 is 0 Å². The first-order valence-corrected chi connectivity index (χ1v) is 25.6. The maximum Gasteiger partial charge on any atom is 0.0627 e. The Morgan fingerprint density at radius 1 is 0.259 bits per heavy atom. The maximum atomic E-state index is 4.41. The molecule has 11 fully saturated rings. The smallest absolute Gasteiger partial charge is 0.0627 e. The Kier molecular flexibility index (Phi) is 11.0. The van der Waals surface area contributed by atoms with E-state index in [0.717, 1.165) is 89.5 Å². The van der Waals surface area contributed by atoms with E-state index in [4.69, 9.17) is 0 Å². The van der Waals surface area contributed by atoms with Gasteiger partial charge in [-0.1, -0.05) is 96.3 Å². The molecule has 3 aliphatic heterocycles. The van der Waals surface area contributed by atoms with Crippen molar-refractivity contribution in [2.45, 2.75) is 254 Å². The van der Waals surface area contributed by atoms with Crippen LogP contribution < -0.4 is 16.0 Å². The molecule has 0 bridgehead atoms. The lowest BCUT2D eigenvalue weighted by Crippen LogP contribution is -2.73. The van der Waals surface area contributed by atoms with Gasteiger partial charge in [0.25, 0.3) is 0 Å². The van der Waals surface area contributed by atoms with Crippen LogP contribution in [0.25, 0.3) is 0 Å². The summed E-state index contributed by atoms with van der Waals surface area (Å²) in [5.74, 6) is 8.47. The Labute approximate surface area is 331 Å². The zero-order valence-electron chi connectivity index (χ0n) is 34.7. The Morgan fingerprint density at radius 3 is 1.28 bits per heavy atom. The van der Waals surface area contributed by atoms with Gasteiger partial charge in [0.2, 0.25) is 0 Å². The predicted molar refractivity (Wildman–Crippen MR) is 222 cm³/mol. The van der Waals surface area contributed by atoms with E-state index in [0.29, 0.717) is 18.5 Å². The fourth-order valence-electron chi connectivity index (χ4n) is 18.0. The summed E-state index contributed by atoms with van der Waals surface area (Å²) in [7, 11) is 0. The van der Waals surface area contributed by atoms with Crippen LogP contribution in [0.4, 0.5) is 0 Å². The minimum absolute atomic E-state index is 0.520. The third kappa shape index (κ3) is 6.65. The van der Waals surface area contributed by atoms with Gasteiger partial charge >= 0.3 is 0 Å². The Hall–Kier alpha value is -0.200. The van der Waals surface area contributed by atoms with E-state index in [2.05, 4.69) is 25.8 Å². The highest BCUT2D eigenvalue weighted by Gasteiger charge is 2.62. The van der Waals surface area contributed by atoms with E-state index < -0.39 is 0 Å². The summed E-state index contributed by atoms with van der Waals surface area (Å²) >= 11 is 0. The summed E-state index contributed by atoms with van der Waals surface area (Å²) in [6.45, 7) is 0. The van der Waals surface area contributed by atoms with Crippen molar-refractivity contribution in [3.63, 3.8) is 0 Å². The maximum absolute atomic E-state index is 4.41. The van der Waals surface area contributed by atoms with Crippen LogP contribution in [0.3, 0.4) is 0 Å². The molecule has 0 aromatic heterocycles. The third-order valence-electron chi connectivity index (χ3n) is 20.1. The molecule has 0 radical (unpaired) electrons. The Bertz CT molecular complexity index is 1210. The van der Waals surface area contributed by atoms with Crippen molar-refractivity contribution in [2.75, 3.05) is 0 Å². The standard InChI is InChI=1S/C49H83N5/c1-4-16-32(17-5-1)47-50-48(33-18-6-2-7-19-33)52-49(51-47)39-28-29-44(36-23-11-10-22-35(36)39)54-43-27-15-13-25-38(43)41-30-40-37-24-12-14-26-42(37)53(45(40)31-46(41)54)34-20-8-3-9-21-34/h32-52H,1-31H2. The van der Waals surface area contributed by atoms with Crippen LogP contribution in [0, 0.1) is 53.3 Å². The third-order valence-corrected chi connectivity index (χ3v) is 20.1. The van der Waals surface area contributed by atoms with Crippen molar-refractivity contribution in [1.29, 1.82) is 0 Å². The van der Waals surface area contributed by atoms with Crippen LogP contribution in [0.5, 0.6) is 0 Å². The van der Waals surface area contributed by atoms with Crippen LogP contribution in [0.2, 0.25) is 0 Å². The van der Waals surface area contributed by atoms with Gasteiger partial charge in [0.15, 0.2) is 0 Å². The average Bonchev–Trinajstić information content (AvgIpc) is 3.75. The minimum Gasteiger partial charge on any atom is -0.294 e. The highest BCUT2D eigenvalue weighted by atomic mass is 15.4. The van der Waals surface area contributed by atoms with Gasteiger partial charge in [-0.25, -0.2) is 0 Å². The fourth-order valence-corrected chi connectivity index (χ4v) is 18.0. The van der Waals surface area contributed by atoms with Gasteiger partial charge in [-0.2, -0.15) is 0 Å². The molecule has 304 valence electrons. The first kappa shape index (κ1) is 36.8. The van der Waals surface area contributed by atoms with Crippen molar-refractivity contribution in [2.24, 2.45) is 53.3 Å². The molecule has 14 unspecified atom stereocenters. The monoisotopic (exact) mass is 742 g/mol. The van der Waals surface area contributed by atoms with Crippen LogP contribution in [0.15, 0.2) is 0 Å². The number of hydrogen-bond acceptors (Lipinski definition) is 5. The molecule has 5 heteroatoms. The molecule has 14 atom stereocenters. The molecule has 0 aromatic carbocycles. The lowest BCUT2D eigenvalue weighted by Gasteiger charge is -2.56. The van der Waals surface area contributed by atoms with Gasteiger partial charge in [0.1, 0.15) is 0 Å². The molecule has 5 nitrogen and oxygen atoms in total. The zero-order valence-corrected chi connectivity index (χ0v) is 34.7. The highest BCUT2D eigenvalue weighted by Crippen LogP contribution is 2.60. The first-order chi connectivity index (χ1) is 26.8. The van der Waals surface area contributed by atoms with Crippen LogP contribution in [-0.4, -0.2) is 64.5 Å². The van der Waals surface area contributed by atoms with E-state index in [1.54, 1.807) is 25.7 Å². The first-order valence-electron chi connectivity index (χ1n) is 25.6. The lowest BCUT2D eigenvalue weighted by atomic mass is 9.61. The largest absolute Gasteiger partial charge is 0.294 e. The SMILES string of the molecule is C1CCC(C2NC(C3CCCCC3)NC(C3CCC(N4C5CCCCC5C5CC6C7CCCCC7N(C7CCCCC7)C6CC54)C4CCCCC34)N2)CC1. The fraction of sp³-hybridized carbons (Fsp3) is 1.00. The Morgan fingerprint density at radius 2 is 0.685 bits per heavy atom. The second kappa shape index (κ2) is 16.1. The summed E-state index contributed by atoms with van der Waals surface area (Å²) in [6.07, 6.45) is 48.1. The zero-order chi connectivity index (χ0) is 35.6. The molecule has 3 heterocycles. The number of nitrogens with zero attached hydrogens (tertiary/aromatic N) is 2. The Balaban J connectivity index is 0.870. The predicted octanol–water partition coefficient (Wildman–Crippen LogP) is 10.3. The highest BCUT2D eigenvalue weighted by molar-refractivity contribution is 5.15. The normalized spacial score (nSPS) is 50.1. The van der Waals surface area contributed by atoms with E-state index in [1.807, 2.05) is 0 Å². The van der Waals surface area contributed by atoms with Crippen molar-refractivity contribution < 1.29 is 0 Å². The molecule has 0 spiro atoms. The van der Waals surface area contributed by atoms with Gasteiger partial charge in [0.05, 0.1) is 18.5 Å². The van der Waals surface area contributed by atoms with E-state index in [-0.39, 0.29) is 0 Å². The van der Waals surface area contributed by atoms with Gasteiger partial charge in [0, 0.05) is 36.3 Å². The summed E-state index contributed by atoms with van der Waals surface area (Å²) in [4.78, 5) is 6.80. The van der Waals surface area contributed by atoms with Crippen molar-refractivity contribution in [3.05, 3.63) is 0 Å². The van der Waals surface area contributed by atoms with Crippen LogP contribution in [-0.2, 0) is 0 Å². The molecule has 3 saturated heterocycles. The molecule has 8 aliphatic carbocycles. The molecule has 54 heavy (non-hydrogen) atoms. The van der Waals surface area contributed by atoms with Crippen molar-refractivity contribution in [3.8, 4) is 0 Å². The van der Waals surface area contributed by atoms with Crippen LogP contribution >= 0.6 is 0 Å². The topological polar surface area (TPSA) is 42.6 Å². The molecular weight excluding hydrogens is 659 g/mol. The number of hydrogen-bond donors (Lipinski definition) is 3. The molecular formula is C49H83N5. The van der Waals surface area contributed by atoms with E-state index in [9.17, 15) is 0 Å². The molecule has 8 saturated carbocycles. The van der Waals surface area contributed by atoms with E-state index >= 15 is 0 Å². The molecule has 11 aliphatic rings. The van der Waals surface area contributed by atoms with Gasteiger partial charge in [-0.3, -0.25) is 25.8 Å². The average molecular weight is 742 g/mol. The summed E-state index contributed by atoms with van der Waals surface area (Å²) in [5, 5.41) is 13.1.